The molecule has 3 aliphatic rings. The normalized spacial score (nSPS) is 44.9. The fourth-order valence-electron chi connectivity index (χ4n) is 3.88. The Morgan fingerprint density at radius 2 is 2.00 bits per heavy atom. The zero-order chi connectivity index (χ0) is 15.9. The fourth-order valence-corrected chi connectivity index (χ4v) is 3.88. The molecule has 6 heteroatoms. The van der Waals surface area contributed by atoms with Gasteiger partial charge in [-0.25, -0.2) is 4.79 Å². The molecule has 2 fully saturated rings. The summed E-state index contributed by atoms with van der Waals surface area (Å²) in [4.78, 5) is 11.3. The number of carbonyl (C=O) groups is 1. The molecule has 2 N–H and O–H groups in total. The number of aliphatic hydroxyl groups excluding tert-OH is 1. The summed E-state index contributed by atoms with van der Waals surface area (Å²) in [5.41, 5.74) is 0.327. The maximum Gasteiger partial charge on any atom is 0.334 e. The Balaban J connectivity index is 1.75. The lowest BCUT2D eigenvalue weighted by Gasteiger charge is -2.39. The van der Waals surface area contributed by atoms with Gasteiger partial charge < -0.3 is 24.4 Å². The molecule has 1 aliphatic carbocycles. The van der Waals surface area contributed by atoms with Crippen molar-refractivity contribution in [1.29, 1.82) is 0 Å². The molecule has 7 unspecified atom stereocenters. The van der Waals surface area contributed by atoms with Crippen LogP contribution in [0.3, 0.4) is 0 Å². The second-order valence-electron chi connectivity index (χ2n) is 6.72. The highest BCUT2D eigenvalue weighted by atomic mass is 16.8. The summed E-state index contributed by atoms with van der Waals surface area (Å²) in [6.07, 6.45) is 2.64. The molecule has 3 rings (SSSR count). The van der Waals surface area contributed by atoms with Gasteiger partial charge in [-0.05, 0) is 38.5 Å². The molecule has 1 saturated carbocycles. The average molecular weight is 312 g/mol. The summed E-state index contributed by atoms with van der Waals surface area (Å²) < 4.78 is 17.1. The van der Waals surface area contributed by atoms with Crippen LogP contribution in [-0.4, -0.2) is 41.0 Å². The number of carboxylic acids is 1. The van der Waals surface area contributed by atoms with Gasteiger partial charge >= 0.3 is 5.97 Å². The molecule has 0 radical (unpaired) electrons. The molecule has 6 nitrogen and oxygen atoms in total. The van der Waals surface area contributed by atoms with Crippen LogP contribution >= 0.6 is 0 Å². The third-order valence-electron chi connectivity index (χ3n) is 5.16. The van der Waals surface area contributed by atoms with E-state index in [1.54, 1.807) is 0 Å². The molecule has 0 aromatic rings. The van der Waals surface area contributed by atoms with E-state index in [1.165, 1.54) is 6.26 Å². The highest BCUT2D eigenvalue weighted by Gasteiger charge is 2.48. The van der Waals surface area contributed by atoms with Crippen LogP contribution in [0.5, 0.6) is 0 Å². The minimum absolute atomic E-state index is 0.0101. The molecule has 0 amide bonds. The molecule has 0 aromatic heterocycles. The average Bonchev–Trinajstić information content (AvgIpc) is 2.85. The maximum absolute atomic E-state index is 11.3. The lowest BCUT2D eigenvalue weighted by molar-refractivity contribution is -0.305. The van der Waals surface area contributed by atoms with E-state index in [-0.39, 0.29) is 17.9 Å². The maximum atomic E-state index is 11.3. The first kappa shape index (κ1) is 15.8. The van der Waals surface area contributed by atoms with E-state index < -0.39 is 24.7 Å². The molecule has 0 spiro atoms. The number of aliphatic hydroxyl groups is 1. The van der Waals surface area contributed by atoms with E-state index in [9.17, 15) is 15.0 Å². The Morgan fingerprint density at radius 1 is 1.23 bits per heavy atom. The van der Waals surface area contributed by atoms with Gasteiger partial charge in [-0.15, -0.1) is 0 Å². The fraction of sp³-hybridized carbons (Fsp3) is 0.812. The predicted octanol–water partition coefficient (Wildman–Crippen LogP) is 1.88. The van der Waals surface area contributed by atoms with E-state index in [1.807, 2.05) is 6.92 Å². The van der Waals surface area contributed by atoms with Crippen LogP contribution in [0.25, 0.3) is 0 Å². The summed E-state index contributed by atoms with van der Waals surface area (Å²) in [5, 5.41) is 19.4. The third-order valence-corrected chi connectivity index (χ3v) is 5.16. The van der Waals surface area contributed by atoms with Crippen molar-refractivity contribution in [2.75, 3.05) is 0 Å². The first-order valence-corrected chi connectivity index (χ1v) is 8.05. The van der Waals surface area contributed by atoms with E-state index in [0.29, 0.717) is 17.9 Å². The van der Waals surface area contributed by atoms with Gasteiger partial charge in [0.2, 0.25) is 6.29 Å². The van der Waals surface area contributed by atoms with Crippen molar-refractivity contribution >= 4 is 5.97 Å². The number of aliphatic carboxylic acids is 1. The zero-order valence-corrected chi connectivity index (χ0v) is 13.0. The van der Waals surface area contributed by atoms with Gasteiger partial charge in [0.15, 0.2) is 6.29 Å². The van der Waals surface area contributed by atoms with Crippen LogP contribution in [0, 0.1) is 17.8 Å². The van der Waals surface area contributed by atoms with E-state index in [4.69, 9.17) is 14.2 Å². The molecule has 7 atom stereocenters. The highest BCUT2D eigenvalue weighted by Crippen LogP contribution is 2.47. The Labute approximate surface area is 130 Å². The van der Waals surface area contributed by atoms with Crippen LogP contribution in [-0.2, 0) is 19.0 Å². The standard InChI is InChI=1S/C16H24O6/c1-8-3-5-10-11(14(18)19)7-20-16(13(8)10)22-15-12(17)6-4-9(2)21-15/h7-10,12-13,15-17H,3-6H2,1-2H3,(H,18,19). The largest absolute Gasteiger partial charge is 0.478 e. The Hall–Kier alpha value is -1.11. The van der Waals surface area contributed by atoms with Crippen molar-refractivity contribution in [2.45, 2.75) is 64.3 Å². The van der Waals surface area contributed by atoms with Crippen LogP contribution in [0.15, 0.2) is 11.8 Å². The molecular weight excluding hydrogens is 288 g/mol. The SMILES string of the molecule is CC1CCC(O)C(OC2OC=C(C(=O)O)C3CCC(C)C23)O1. The number of fused-ring (bicyclic) bond motifs is 1. The van der Waals surface area contributed by atoms with Crippen molar-refractivity contribution in [3.8, 4) is 0 Å². The molecular formula is C16H24O6. The van der Waals surface area contributed by atoms with Crippen LogP contribution < -0.4 is 0 Å². The van der Waals surface area contributed by atoms with Gasteiger partial charge in [0.25, 0.3) is 0 Å². The first-order chi connectivity index (χ1) is 10.5. The van der Waals surface area contributed by atoms with Gasteiger partial charge in [0.05, 0.1) is 17.9 Å². The number of carboxylic acid groups (broad SMARTS) is 1. The van der Waals surface area contributed by atoms with Crippen LogP contribution in [0.4, 0.5) is 0 Å². The van der Waals surface area contributed by atoms with E-state index >= 15 is 0 Å². The monoisotopic (exact) mass is 312 g/mol. The molecule has 2 heterocycles. The first-order valence-electron chi connectivity index (χ1n) is 8.05. The summed E-state index contributed by atoms with van der Waals surface area (Å²) in [6.45, 7) is 4.04. The van der Waals surface area contributed by atoms with Crippen molar-refractivity contribution in [3.63, 3.8) is 0 Å². The summed E-state index contributed by atoms with van der Waals surface area (Å²) >= 11 is 0. The topological polar surface area (TPSA) is 85.2 Å². The van der Waals surface area contributed by atoms with Crippen molar-refractivity contribution in [2.24, 2.45) is 17.8 Å². The molecule has 0 bridgehead atoms. The lowest BCUT2D eigenvalue weighted by Crippen LogP contribution is -2.46. The smallest absolute Gasteiger partial charge is 0.334 e. The molecule has 0 aromatic carbocycles. The molecule has 22 heavy (non-hydrogen) atoms. The predicted molar refractivity (Wildman–Crippen MR) is 76.6 cm³/mol. The molecule has 1 saturated heterocycles. The minimum atomic E-state index is -0.926. The van der Waals surface area contributed by atoms with Crippen molar-refractivity contribution < 1.29 is 29.2 Å². The van der Waals surface area contributed by atoms with Gasteiger partial charge in [-0.3, -0.25) is 0 Å². The van der Waals surface area contributed by atoms with E-state index in [0.717, 1.165) is 19.3 Å². The second-order valence-corrected chi connectivity index (χ2v) is 6.72. The highest BCUT2D eigenvalue weighted by molar-refractivity contribution is 5.87. The lowest BCUT2D eigenvalue weighted by atomic mass is 9.83. The Kier molecular flexibility index (Phi) is 4.43. The quantitative estimate of drug-likeness (QED) is 0.827. The minimum Gasteiger partial charge on any atom is -0.478 e. The summed E-state index contributed by atoms with van der Waals surface area (Å²) in [5.74, 6) is -0.671. The summed E-state index contributed by atoms with van der Waals surface area (Å²) in [6, 6.07) is 0. The van der Waals surface area contributed by atoms with Crippen LogP contribution in [0.2, 0.25) is 0 Å². The number of ether oxygens (including phenoxy) is 3. The third kappa shape index (κ3) is 2.87. The number of rotatable bonds is 3. The Morgan fingerprint density at radius 3 is 2.73 bits per heavy atom. The van der Waals surface area contributed by atoms with Gasteiger partial charge in [0, 0.05) is 11.8 Å². The van der Waals surface area contributed by atoms with Gasteiger partial charge in [0.1, 0.15) is 6.10 Å². The molecule has 124 valence electrons. The summed E-state index contributed by atoms with van der Waals surface area (Å²) in [7, 11) is 0. The van der Waals surface area contributed by atoms with Crippen molar-refractivity contribution in [3.05, 3.63) is 11.8 Å². The molecule has 2 aliphatic heterocycles. The van der Waals surface area contributed by atoms with Crippen molar-refractivity contribution in [1.82, 2.24) is 0 Å². The zero-order valence-electron chi connectivity index (χ0n) is 13.0. The second kappa shape index (κ2) is 6.18. The van der Waals surface area contributed by atoms with Crippen LogP contribution in [0.1, 0.15) is 39.5 Å². The van der Waals surface area contributed by atoms with Gasteiger partial charge in [-0.2, -0.15) is 0 Å². The number of hydrogen-bond donors (Lipinski definition) is 2. The Bertz CT molecular complexity index is 462. The van der Waals surface area contributed by atoms with E-state index in [2.05, 4.69) is 6.92 Å². The number of hydrogen-bond acceptors (Lipinski definition) is 5. The van der Waals surface area contributed by atoms with Gasteiger partial charge in [-0.1, -0.05) is 6.92 Å².